The normalized spacial score (nSPS) is 20.8. The molecular formula is C25H26FNO4S. The standard InChI is InChI=1S/C25H26FNO4S/c1-3-30-10-11-31-25(29)22-15(2)27-19-13-17(21-5-4-12-32-21)14-20(28)24(19)23(22)16-6-8-18(26)9-7-16/h4-9,12,17,23,27H,3,10-11,13-14H2,1-2H3/t17-,23-/m1/s1. The molecule has 0 unspecified atom stereocenters. The molecule has 1 aromatic heterocycles. The molecule has 0 bridgehead atoms. The number of carbonyl (C=O) groups excluding carboxylic acids is 2. The molecule has 2 atom stereocenters. The van der Waals surface area contributed by atoms with Crippen LogP contribution in [-0.4, -0.2) is 31.6 Å². The summed E-state index contributed by atoms with van der Waals surface area (Å²) in [7, 11) is 0. The molecule has 0 radical (unpaired) electrons. The second-order valence-electron chi connectivity index (χ2n) is 7.92. The Balaban J connectivity index is 1.70. The summed E-state index contributed by atoms with van der Waals surface area (Å²) in [5, 5.41) is 5.34. The Morgan fingerprint density at radius 2 is 1.97 bits per heavy atom. The van der Waals surface area contributed by atoms with E-state index in [1.165, 1.54) is 17.0 Å². The number of ketones is 1. The minimum absolute atomic E-state index is 0.00130. The van der Waals surface area contributed by atoms with Crippen LogP contribution in [0.4, 0.5) is 4.39 Å². The van der Waals surface area contributed by atoms with Gasteiger partial charge in [-0.3, -0.25) is 4.79 Å². The maximum Gasteiger partial charge on any atom is 0.336 e. The van der Waals surface area contributed by atoms with E-state index in [1.54, 1.807) is 23.5 Å². The van der Waals surface area contributed by atoms with E-state index in [9.17, 15) is 14.0 Å². The molecular weight excluding hydrogens is 429 g/mol. The van der Waals surface area contributed by atoms with Crippen LogP contribution >= 0.6 is 11.3 Å². The molecule has 0 saturated carbocycles. The van der Waals surface area contributed by atoms with Crippen LogP contribution in [0, 0.1) is 5.82 Å². The number of hydrogen-bond acceptors (Lipinski definition) is 6. The van der Waals surface area contributed by atoms with E-state index >= 15 is 0 Å². The Kier molecular flexibility index (Phi) is 6.86. The number of thiophene rings is 1. The van der Waals surface area contributed by atoms with Gasteiger partial charge in [0.1, 0.15) is 12.4 Å². The second-order valence-corrected chi connectivity index (χ2v) is 8.90. The van der Waals surface area contributed by atoms with Crippen molar-refractivity contribution in [3.63, 3.8) is 0 Å². The molecule has 0 spiro atoms. The Labute approximate surface area is 190 Å². The van der Waals surface area contributed by atoms with E-state index in [4.69, 9.17) is 9.47 Å². The number of rotatable bonds is 7. The zero-order valence-electron chi connectivity index (χ0n) is 18.2. The van der Waals surface area contributed by atoms with E-state index in [2.05, 4.69) is 11.4 Å². The minimum Gasteiger partial charge on any atom is -0.460 e. The first-order valence-electron chi connectivity index (χ1n) is 10.8. The minimum atomic E-state index is -0.594. The quantitative estimate of drug-likeness (QED) is 0.479. The van der Waals surface area contributed by atoms with Crippen molar-refractivity contribution < 1.29 is 23.5 Å². The van der Waals surface area contributed by atoms with Gasteiger partial charge in [0.15, 0.2) is 5.78 Å². The van der Waals surface area contributed by atoms with E-state index in [1.807, 2.05) is 25.3 Å². The van der Waals surface area contributed by atoms with E-state index in [-0.39, 0.29) is 24.1 Å². The molecule has 1 aliphatic heterocycles. The summed E-state index contributed by atoms with van der Waals surface area (Å²) in [5.41, 5.74) is 3.14. The topological polar surface area (TPSA) is 64.6 Å². The van der Waals surface area contributed by atoms with E-state index in [0.29, 0.717) is 48.5 Å². The second kappa shape index (κ2) is 9.79. The highest BCUT2D eigenvalue weighted by Crippen LogP contribution is 2.46. The average molecular weight is 456 g/mol. The number of carbonyl (C=O) groups is 2. The van der Waals surface area contributed by atoms with Crippen molar-refractivity contribution in [2.24, 2.45) is 0 Å². The fraction of sp³-hybridized carbons (Fsp3) is 0.360. The van der Waals surface area contributed by atoms with Crippen LogP contribution in [0.1, 0.15) is 49.0 Å². The van der Waals surface area contributed by atoms with Gasteiger partial charge in [-0.25, -0.2) is 9.18 Å². The molecule has 2 heterocycles. The number of ether oxygens (including phenoxy) is 2. The lowest BCUT2D eigenvalue weighted by Gasteiger charge is -2.36. The molecule has 168 valence electrons. The summed E-state index contributed by atoms with van der Waals surface area (Å²) in [6.45, 7) is 4.66. The monoisotopic (exact) mass is 455 g/mol. The largest absolute Gasteiger partial charge is 0.460 e. The smallest absolute Gasteiger partial charge is 0.336 e. The summed E-state index contributed by atoms with van der Waals surface area (Å²) in [4.78, 5) is 27.6. The van der Waals surface area contributed by atoms with Gasteiger partial charge in [0.2, 0.25) is 0 Å². The highest BCUT2D eigenvalue weighted by molar-refractivity contribution is 7.10. The summed E-state index contributed by atoms with van der Waals surface area (Å²) in [5.74, 6) is -1.35. The fourth-order valence-corrected chi connectivity index (χ4v) is 5.27. The molecule has 4 rings (SSSR count). The maximum absolute atomic E-state index is 13.6. The van der Waals surface area contributed by atoms with Crippen molar-refractivity contribution >= 4 is 23.1 Å². The molecule has 5 nitrogen and oxygen atoms in total. The van der Waals surface area contributed by atoms with Crippen molar-refractivity contribution in [2.45, 2.75) is 38.5 Å². The molecule has 0 saturated heterocycles. The van der Waals surface area contributed by atoms with Crippen molar-refractivity contribution in [3.05, 3.63) is 80.6 Å². The van der Waals surface area contributed by atoms with Crippen LogP contribution in [0.25, 0.3) is 0 Å². The number of nitrogens with one attached hydrogen (secondary N) is 1. The lowest BCUT2D eigenvalue weighted by Crippen LogP contribution is -2.36. The zero-order valence-corrected chi connectivity index (χ0v) is 19.0. The number of benzene rings is 1. The number of Topliss-reactive ketones (excluding diaryl/α,β-unsaturated/α-hetero) is 1. The molecule has 0 fully saturated rings. The molecule has 1 N–H and O–H groups in total. The van der Waals surface area contributed by atoms with Crippen LogP contribution < -0.4 is 5.32 Å². The number of allylic oxidation sites excluding steroid dienone is 3. The van der Waals surface area contributed by atoms with Gasteiger partial charge < -0.3 is 14.8 Å². The summed E-state index contributed by atoms with van der Waals surface area (Å²) in [6.07, 6.45) is 1.06. The van der Waals surface area contributed by atoms with E-state index in [0.717, 1.165) is 5.70 Å². The molecule has 2 aliphatic rings. The molecule has 2 aromatic rings. The van der Waals surface area contributed by atoms with Gasteiger partial charge in [-0.1, -0.05) is 18.2 Å². The first kappa shape index (κ1) is 22.4. The zero-order chi connectivity index (χ0) is 22.7. The van der Waals surface area contributed by atoms with Gasteiger partial charge in [0, 0.05) is 46.7 Å². The third-order valence-corrected chi connectivity index (χ3v) is 6.90. The van der Waals surface area contributed by atoms with Crippen molar-refractivity contribution in [2.75, 3.05) is 19.8 Å². The van der Waals surface area contributed by atoms with Crippen LogP contribution in [-0.2, 0) is 19.1 Å². The Morgan fingerprint density at radius 3 is 2.66 bits per heavy atom. The lowest BCUT2D eigenvalue weighted by atomic mass is 9.72. The van der Waals surface area contributed by atoms with Crippen LogP contribution in [0.2, 0.25) is 0 Å². The number of hydrogen-bond donors (Lipinski definition) is 1. The number of dihydropyridines is 1. The highest BCUT2D eigenvalue weighted by Gasteiger charge is 2.41. The Hall–Kier alpha value is -2.77. The first-order valence-corrected chi connectivity index (χ1v) is 11.6. The molecule has 7 heteroatoms. The Bertz CT molecular complexity index is 1060. The third-order valence-electron chi connectivity index (χ3n) is 5.86. The maximum atomic E-state index is 13.6. The third kappa shape index (κ3) is 4.54. The summed E-state index contributed by atoms with van der Waals surface area (Å²) in [6, 6.07) is 10.0. The molecule has 32 heavy (non-hydrogen) atoms. The molecule has 0 amide bonds. The summed E-state index contributed by atoms with van der Waals surface area (Å²) < 4.78 is 24.4. The van der Waals surface area contributed by atoms with Crippen molar-refractivity contribution in [3.8, 4) is 0 Å². The lowest BCUT2D eigenvalue weighted by molar-refractivity contribution is -0.140. The number of esters is 1. The van der Waals surface area contributed by atoms with Crippen LogP contribution in [0.3, 0.4) is 0 Å². The fourth-order valence-electron chi connectivity index (χ4n) is 4.44. The molecule has 1 aromatic carbocycles. The summed E-state index contributed by atoms with van der Waals surface area (Å²) >= 11 is 1.65. The average Bonchev–Trinajstić information content (AvgIpc) is 3.31. The Morgan fingerprint density at radius 1 is 1.19 bits per heavy atom. The van der Waals surface area contributed by atoms with Gasteiger partial charge in [0.25, 0.3) is 0 Å². The van der Waals surface area contributed by atoms with Crippen LogP contribution in [0.15, 0.2) is 64.3 Å². The SMILES string of the molecule is CCOCCOC(=O)C1=C(C)NC2=C(C(=O)C[C@H](c3cccs3)C2)[C@@H]1c1ccc(F)cc1. The number of halogens is 1. The van der Waals surface area contributed by atoms with Gasteiger partial charge >= 0.3 is 5.97 Å². The van der Waals surface area contributed by atoms with Crippen molar-refractivity contribution in [1.29, 1.82) is 0 Å². The van der Waals surface area contributed by atoms with Gasteiger partial charge in [-0.05, 0) is 49.4 Å². The van der Waals surface area contributed by atoms with Crippen LogP contribution in [0.5, 0.6) is 0 Å². The van der Waals surface area contributed by atoms with Gasteiger partial charge in [-0.2, -0.15) is 0 Å². The predicted molar refractivity (Wildman–Crippen MR) is 121 cm³/mol. The van der Waals surface area contributed by atoms with Crippen molar-refractivity contribution in [1.82, 2.24) is 5.32 Å². The highest BCUT2D eigenvalue weighted by atomic mass is 32.1. The molecule has 1 aliphatic carbocycles. The van der Waals surface area contributed by atoms with Gasteiger partial charge in [0.05, 0.1) is 12.2 Å². The van der Waals surface area contributed by atoms with E-state index < -0.39 is 11.9 Å². The predicted octanol–water partition coefficient (Wildman–Crippen LogP) is 4.83. The first-order chi connectivity index (χ1) is 15.5. The van der Waals surface area contributed by atoms with Gasteiger partial charge in [-0.15, -0.1) is 11.3 Å².